The van der Waals surface area contributed by atoms with Gasteiger partial charge in [-0.1, -0.05) is 45.4 Å². The van der Waals surface area contributed by atoms with Crippen molar-refractivity contribution in [1.82, 2.24) is 0 Å². The van der Waals surface area contributed by atoms with Gasteiger partial charge in [0.05, 0.1) is 34.2 Å². The van der Waals surface area contributed by atoms with Gasteiger partial charge >= 0.3 is 17.9 Å². The first-order valence-corrected chi connectivity index (χ1v) is 8.86. The Morgan fingerprint density at radius 2 is 1.19 bits per heavy atom. The van der Waals surface area contributed by atoms with E-state index in [-0.39, 0.29) is 0 Å². The molecule has 0 radical (unpaired) electrons. The van der Waals surface area contributed by atoms with E-state index >= 15 is 0 Å². The van der Waals surface area contributed by atoms with E-state index < -0.39 is 36.4 Å². The van der Waals surface area contributed by atoms with E-state index in [0.29, 0.717) is 6.61 Å². The Bertz CT molecular complexity index is 369. The van der Waals surface area contributed by atoms with Crippen LogP contribution < -0.4 is 0 Å². The zero-order chi connectivity index (χ0) is 20.4. The van der Waals surface area contributed by atoms with Crippen LogP contribution in [0.25, 0.3) is 0 Å². The van der Waals surface area contributed by atoms with Gasteiger partial charge in [-0.25, -0.2) is 4.79 Å². The van der Waals surface area contributed by atoms with Gasteiger partial charge in [-0.05, 0) is 6.42 Å². The molecule has 0 saturated carbocycles. The van der Waals surface area contributed by atoms with Crippen molar-refractivity contribution in [3.8, 4) is 0 Å². The van der Waals surface area contributed by atoms with Gasteiger partial charge in [-0.2, -0.15) is 0 Å². The number of aliphatic hydroxyl groups is 2. The number of hydrogen-bond acceptors (Lipinski definition) is 8. The average molecular weight is 378 g/mol. The Labute approximate surface area is 155 Å². The van der Waals surface area contributed by atoms with Crippen molar-refractivity contribution in [2.24, 2.45) is 0 Å². The van der Waals surface area contributed by atoms with E-state index in [1.165, 1.54) is 38.5 Å². The molecule has 0 fully saturated rings. The van der Waals surface area contributed by atoms with Crippen LogP contribution in [-0.2, 0) is 28.6 Å². The van der Waals surface area contributed by atoms with E-state index in [2.05, 4.69) is 21.1 Å². The summed E-state index contributed by atoms with van der Waals surface area (Å²) < 4.78 is 12.9. The molecule has 0 aromatic heterocycles. The minimum Gasteiger partial charge on any atom is -0.469 e. The summed E-state index contributed by atoms with van der Waals surface area (Å²) in [6, 6.07) is 0. The second kappa shape index (κ2) is 16.8. The van der Waals surface area contributed by atoms with Gasteiger partial charge in [0.15, 0.2) is 5.60 Å². The molecule has 8 nitrogen and oxygen atoms in total. The number of esters is 3. The fourth-order valence-corrected chi connectivity index (χ4v) is 2.09. The third kappa shape index (κ3) is 13.6. The van der Waals surface area contributed by atoms with Crippen molar-refractivity contribution in [1.29, 1.82) is 0 Å². The molecule has 0 aliphatic carbocycles. The fraction of sp³-hybridized carbons (Fsp3) is 0.833. The molecule has 0 aliphatic heterocycles. The molecular weight excluding hydrogens is 344 g/mol. The molecule has 2 N–H and O–H groups in total. The maximum atomic E-state index is 11.2. The molecule has 0 atom stereocenters. The predicted octanol–water partition coefficient (Wildman–Crippen LogP) is 1.75. The lowest BCUT2D eigenvalue weighted by molar-refractivity contribution is -0.174. The Morgan fingerprint density at radius 3 is 1.54 bits per heavy atom. The van der Waals surface area contributed by atoms with Gasteiger partial charge < -0.3 is 24.4 Å². The van der Waals surface area contributed by atoms with E-state index in [1.54, 1.807) is 0 Å². The highest BCUT2D eigenvalue weighted by Gasteiger charge is 2.42. The van der Waals surface area contributed by atoms with Gasteiger partial charge in [-0.3, -0.25) is 9.59 Å². The maximum Gasteiger partial charge on any atom is 0.339 e. The highest BCUT2D eigenvalue weighted by Crippen LogP contribution is 2.19. The minimum absolute atomic E-state index is 0.369. The summed E-state index contributed by atoms with van der Waals surface area (Å²) in [5, 5.41) is 18.3. The third-order valence-electron chi connectivity index (χ3n) is 3.66. The van der Waals surface area contributed by atoms with Crippen LogP contribution in [0.4, 0.5) is 0 Å². The van der Waals surface area contributed by atoms with Crippen LogP contribution in [0.1, 0.15) is 64.7 Å². The molecule has 8 heteroatoms. The molecule has 0 spiro atoms. The number of hydrogen-bond donors (Lipinski definition) is 2. The highest BCUT2D eigenvalue weighted by atomic mass is 16.6. The van der Waals surface area contributed by atoms with Gasteiger partial charge in [0, 0.05) is 6.61 Å². The average Bonchev–Trinajstić information content (AvgIpc) is 2.64. The van der Waals surface area contributed by atoms with Crippen molar-refractivity contribution < 1.29 is 38.8 Å². The Morgan fingerprint density at radius 1 is 0.769 bits per heavy atom. The Kier molecular flexibility index (Phi) is 17.1. The lowest BCUT2D eigenvalue weighted by Gasteiger charge is -2.22. The fourth-order valence-electron chi connectivity index (χ4n) is 2.09. The van der Waals surface area contributed by atoms with Crippen molar-refractivity contribution in [2.45, 2.75) is 70.3 Å². The molecular formula is C18H34O8. The second-order valence-corrected chi connectivity index (χ2v) is 5.87. The van der Waals surface area contributed by atoms with Crippen LogP contribution in [0.3, 0.4) is 0 Å². The van der Waals surface area contributed by atoms with Crippen LogP contribution in [0.2, 0.25) is 0 Å². The molecule has 0 aromatic rings. The summed E-state index contributed by atoms with van der Waals surface area (Å²) in [6.45, 7) is 2.60. The number of ether oxygens (including phenoxy) is 3. The molecule has 0 saturated heterocycles. The molecule has 154 valence electrons. The second-order valence-electron chi connectivity index (χ2n) is 5.87. The van der Waals surface area contributed by atoms with Gasteiger partial charge in [0.25, 0.3) is 0 Å². The van der Waals surface area contributed by atoms with Crippen molar-refractivity contribution >= 4 is 17.9 Å². The SMILES string of the molecule is CCCCCCCCCO.COC(=O)CC(O)(CC(=O)OC)C(=O)OC. The Balaban J connectivity index is 0. The van der Waals surface area contributed by atoms with Crippen LogP contribution in [0, 0.1) is 0 Å². The summed E-state index contributed by atoms with van der Waals surface area (Å²) in [5.74, 6) is -2.77. The topological polar surface area (TPSA) is 119 Å². The third-order valence-corrected chi connectivity index (χ3v) is 3.66. The van der Waals surface area contributed by atoms with E-state index in [4.69, 9.17) is 5.11 Å². The first-order chi connectivity index (χ1) is 12.3. The van der Waals surface area contributed by atoms with E-state index in [1.807, 2.05) is 0 Å². The first kappa shape index (κ1) is 26.6. The maximum absolute atomic E-state index is 11.2. The number of rotatable bonds is 12. The van der Waals surface area contributed by atoms with Crippen molar-refractivity contribution in [3.63, 3.8) is 0 Å². The number of unbranched alkanes of at least 4 members (excludes halogenated alkanes) is 6. The molecule has 0 aliphatic rings. The van der Waals surface area contributed by atoms with Gasteiger partial charge in [0.2, 0.25) is 0 Å². The number of carbonyl (C=O) groups is 3. The summed E-state index contributed by atoms with van der Waals surface area (Å²) in [5.41, 5.74) is -2.26. The van der Waals surface area contributed by atoms with E-state index in [0.717, 1.165) is 27.8 Å². The highest BCUT2D eigenvalue weighted by molar-refractivity contribution is 5.89. The van der Waals surface area contributed by atoms with Crippen LogP contribution in [-0.4, -0.2) is 61.7 Å². The minimum atomic E-state index is -2.26. The number of aliphatic hydroxyl groups excluding tert-OH is 1. The van der Waals surface area contributed by atoms with Crippen molar-refractivity contribution in [3.05, 3.63) is 0 Å². The van der Waals surface area contributed by atoms with Crippen LogP contribution in [0.5, 0.6) is 0 Å². The van der Waals surface area contributed by atoms with Gasteiger partial charge in [-0.15, -0.1) is 0 Å². The van der Waals surface area contributed by atoms with Crippen LogP contribution in [0.15, 0.2) is 0 Å². The van der Waals surface area contributed by atoms with Gasteiger partial charge in [0.1, 0.15) is 0 Å². The largest absolute Gasteiger partial charge is 0.469 e. The number of carbonyl (C=O) groups excluding carboxylic acids is 3. The lowest BCUT2D eigenvalue weighted by atomic mass is 9.96. The summed E-state index contributed by atoms with van der Waals surface area (Å²) in [4.78, 5) is 33.2. The molecule has 0 bridgehead atoms. The normalized spacial score (nSPS) is 10.4. The molecule has 0 rings (SSSR count). The zero-order valence-corrected chi connectivity index (χ0v) is 16.4. The van der Waals surface area contributed by atoms with Crippen molar-refractivity contribution in [2.75, 3.05) is 27.9 Å². The number of methoxy groups -OCH3 is 3. The Hall–Kier alpha value is -1.67. The molecule has 0 unspecified atom stereocenters. The quantitative estimate of drug-likeness (QED) is 0.299. The predicted molar refractivity (Wildman–Crippen MR) is 95.3 cm³/mol. The smallest absolute Gasteiger partial charge is 0.339 e. The molecule has 26 heavy (non-hydrogen) atoms. The summed E-state index contributed by atoms with van der Waals surface area (Å²) in [6.07, 6.45) is 7.58. The molecule has 0 amide bonds. The summed E-state index contributed by atoms with van der Waals surface area (Å²) >= 11 is 0. The van der Waals surface area contributed by atoms with Crippen LogP contribution >= 0.6 is 0 Å². The molecule has 0 aromatic carbocycles. The summed E-state index contributed by atoms with van der Waals surface area (Å²) in [7, 11) is 3.22. The lowest BCUT2D eigenvalue weighted by Crippen LogP contribution is -2.44. The molecule has 0 heterocycles. The first-order valence-electron chi connectivity index (χ1n) is 8.86. The standard InChI is InChI=1S/C9H14O7.C9H20O/c1-14-6(10)4-9(13,8(12)16-3)5-7(11)15-2;1-2-3-4-5-6-7-8-9-10/h13H,4-5H2,1-3H3;10H,2-9H2,1H3. The zero-order valence-electron chi connectivity index (χ0n) is 16.4. The monoisotopic (exact) mass is 378 g/mol. The van der Waals surface area contributed by atoms with E-state index in [9.17, 15) is 19.5 Å².